The lowest BCUT2D eigenvalue weighted by molar-refractivity contribution is -0.119. The molecule has 24 heavy (non-hydrogen) atoms. The molecule has 2 aromatic heterocycles. The molecule has 0 aliphatic rings. The Kier molecular flexibility index (Phi) is 4.89. The fourth-order valence-electron chi connectivity index (χ4n) is 2.48. The summed E-state index contributed by atoms with van der Waals surface area (Å²) >= 11 is 1.55. The Morgan fingerprint density at radius 1 is 1.38 bits per heavy atom. The molecule has 126 valence electrons. The molecular formula is C17H20N4O2S. The summed E-state index contributed by atoms with van der Waals surface area (Å²) in [5, 5.41) is 6.90. The van der Waals surface area contributed by atoms with E-state index in [1.54, 1.807) is 11.8 Å². The van der Waals surface area contributed by atoms with E-state index in [1.165, 1.54) is 0 Å². The van der Waals surface area contributed by atoms with E-state index in [0.29, 0.717) is 11.5 Å². The zero-order chi connectivity index (χ0) is 17.1. The highest BCUT2D eigenvalue weighted by Crippen LogP contribution is 2.20. The number of para-hydroxylation sites is 2. The van der Waals surface area contributed by atoms with Crippen LogP contribution in [0.3, 0.4) is 0 Å². The second-order valence-corrected chi connectivity index (χ2v) is 6.71. The molecule has 0 bridgehead atoms. The number of rotatable bonds is 6. The SMILES string of the molecule is Cc1noc(C)c1CSCC(=O)N[C@@H](C)c1nc2ccccc2[nH]1. The zero-order valence-electron chi connectivity index (χ0n) is 13.9. The van der Waals surface area contributed by atoms with Gasteiger partial charge in [-0.15, -0.1) is 11.8 Å². The van der Waals surface area contributed by atoms with Crippen LogP contribution in [-0.4, -0.2) is 26.8 Å². The van der Waals surface area contributed by atoms with Crippen LogP contribution in [0, 0.1) is 13.8 Å². The van der Waals surface area contributed by atoms with Gasteiger partial charge in [0.25, 0.3) is 0 Å². The molecule has 7 heteroatoms. The third-order valence-electron chi connectivity index (χ3n) is 3.86. The summed E-state index contributed by atoms with van der Waals surface area (Å²) in [6.45, 7) is 5.73. The number of carbonyl (C=O) groups is 1. The standard InChI is InChI=1S/C17H20N4O2S/c1-10-13(12(3)23-21-10)8-24-9-16(22)18-11(2)17-19-14-6-4-5-7-15(14)20-17/h4-7,11H,8-9H2,1-3H3,(H,18,22)(H,19,20)/t11-/m0/s1. The molecule has 3 aromatic rings. The van der Waals surface area contributed by atoms with Crippen molar-refractivity contribution in [2.75, 3.05) is 5.75 Å². The Morgan fingerprint density at radius 3 is 2.88 bits per heavy atom. The quantitative estimate of drug-likeness (QED) is 0.717. The number of H-pyrrole nitrogens is 1. The van der Waals surface area contributed by atoms with Gasteiger partial charge in [0.2, 0.25) is 5.91 Å². The number of imidazole rings is 1. The number of hydrogen-bond acceptors (Lipinski definition) is 5. The largest absolute Gasteiger partial charge is 0.361 e. The number of thioether (sulfide) groups is 1. The van der Waals surface area contributed by atoms with Gasteiger partial charge in [0.1, 0.15) is 11.6 Å². The third kappa shape index (κ3) is 3.62. The Hall–Kier alpha value is -2.28. The predicted molar refractivity (Wildman–Crippen MR) is 94.8 cm³/mol. The van der Waals surface area contributed by atoms with Crippen LogP contribution in [-0.2, 0) is 10.5 Å². The summed E-state index contributed by atoms with van der Waals surface area (Å²) < 4.78 is 5.13. The first-order valence-corrected chi connectivity index (χ1v) is 8.93. The molecule has 6 nitrogen and oxygen atoms in total. The molecule has 0 unspecified atom stereocenters. The normalized spacial score (nSPS) is 12.5. The maximum Gasteiger partial charge on any atom is 0.230 e. The number of hydrogen-bond donors (Lipinski definition) is 2. The van der Waals surface area contributed by atoms with Gasteiger partial charge in [-0.1, -0.05) is 17.3 Å². The van der Waals surface area contributed by atoms with E-state index in [9.17, 15) is 4.79 Å². The lowest BCUT2D eigenvalue weighted by atomic mass is 10.2. The number of nitrogens with one attached hydrogen (secondary N) is 2. The van der Waals surface area contributed by atoms with Crippen LogP contribution in [0.2, 0.25) is 0 Å². The number of nitrogens with zero attached hydrogens (tertiary/aromatic N) is 2. The third-order valence-corrected chi connectivity index (χ3v) is 4.82. The molecule has 0 aliphatic carbocycles. The van der Waals surface area contributed by atoms with Crippen molar-refractivity contribution in [2.45, 2.75) is 32.6 Å². The molecule has 2 N–H and O–H groups in total. The van der Waals surface area contributed by atoms with Crippen molar-refractivity contribution in [3.05, 3.63) is 47.1 Å². The Bertz CT molecular complexity index is 803. The Morgan fingerprint density at radius 2 is 2.17 bits per heavy atom. The molecule has 3 rings (SSSR count). The molecule has 1 aromatic carbocycles. The zero-order valence-corrected chi connectivity index (χ0v) is 14.7. The number of amides is 1. The maximum absolute atomic E-state index is 12.1. The molecule has 0 radical (unpaired) electrons. The van der Waals surface area contributed by atoms with Gasteiger partial charge in [0.05, 0.1) is 28.5 Å². The summed E-state index contributed by atoms with van der Waals surface area (Å²) in [6, 6.07) is 7.66. The van der Waals surface area contributed by atoms with Crippen LogP contribution in [0.4, 0.5) is 0 Å². The number of aryl methyl sites for hydroxylation is 2. The first kappa shape index (κ1) is 16.6. The van der Waals surface area contributed by atoms with E-state index in [0.717, 1.165) is 33.9 Å². The van der Waals surface area contributed by atoms with Crippen LogP contribution in [0.5, 0.6) is 0 Å². The summed E-state index contributed by atoms with van der Waals surface area (Å²) in [4.78, 5) is 19.9. The van der Waals surface area contributed by atoms with Crippen LogP contribution in [0.1, 0.15) is 35.8 Å². The van der Waals surface area contributed by atoms with Gasteiger partial charge >= 0.3 is 0 Å². The van der Waals surface area contributed by atoms with Crippen molar-refractivity contribution in [3.8, 4) is 0 Å². The second-order valence-electron chi connectivity index (χ2n) is 5.72. The molecule has 1 atom stereocenters. The van der Waals surface area contributed by atoms with E-state index < -0.39 is 0 Å². The van der Waals surface area contributed by atoms with Crippen LogP contribution in [0.15, 0.2) is 28.8 Å². The fraction of sp³-hybridized carbons (Fsp3) is 0.353. The minimum atomic E-state index is -0.162. The van der Waals surface area contributed by atoms with Gasteiger partial charge in [-0.2, -0.15) is 0 Å². The van der Waals surface area contributed by atoms with Gasteiger partial charge in [0, 0.05) is 11.3 Å². The van der Waals surface area contributed by atoms with Crippen LogP contribution in [0.25, 0.3) is 11.0 Å². The van der Waals surface area contributed by atoms with Gasteiger partial charge in [-0.3, -0.25) is 4.79 Å². The molecule has 2 heterocycles. The fourth-order valence-corrected chi connectivity index (χ4v) is 3.47. The van der Waals surface area contributed by atoms with E-state index in [-0.39, 0.29) is 11.9 Å². The Labute approximate surface area is 144 Å². The van der Waals surface area contributed by atoms with Gasteiger partial charge in [-0.05, 0) is 32.9 Å². The number of benzene rings is 1. The molecule has 0 saturated carbocycles. The minimum Gasteiger partial charge on any atom is -0.361 e. The first-order chi connectivity index (χ1) is 11.5. The molecule has 1 amide bonds. The van der Waals surface area contributed by atoms with Gasteiger partial charge in [0.15, 0.2) is 0 Å². The summed E-state index contributed by atoms with van der Waals surface area (Å²) in [7, 11) is 0. The predicted octanol–water partition coefficient (Wildman–Crippen LogP) is 3.28. The van der Waals surface area contributed by atoms with Gasteiger partial charge < -0.3 is 14.8 Å². The highest BCUT2D eigenvalue weighted by atomic mass is 32.2. The molecular weight excluding hydrogens is 324 g/mol. The molecule has 0 aliphatic heterocycles. The second kappa shape index (κ2) is 7.09. The van der Waals surface area contributed by atoms with Crippen LogP contribution >= 0.6 is 11.8 Å². The first-order valence-electron chi connectivity index (χ1n) is 7.78. The van der Waals surface area contributed by atoms with E-state index >= 15 is 0 Å². The van der Waals surface area contributed by atoms with Crippen molar-refractivity contribution in [1.29, 1.82) is 0 Å². The number of carbonyl (C=O) groups excluding carboxylic acids is 1. The van der Waals surface area contributed by atoms with Crippen molar-refractivity contribution in [2.24, 2.45) is 0 Å². The van der Waals surface area contributed by atoms with Gasteiger partial charge in [-0.25, -0.2) is 4.98 Å². The van der Waals surface area contributed by atoms with Crippen LogP contribution < -0.4 is 5.32 Å². The summed E-state index contributed by atoms with van der Waals surface area (Å²) in [6.07, 6.45) is 0. The lowest BCUT2D eigenvalue weighted by Gasteiger charge is -2.11. The highest BCUT2D eigenvalue weighted by molar-refractivity contribution is 7.99. The smallest absolute Gasteiger partial charge is 0.230 e. The van der Waals surface area contributed by atoms with Crippen molar-refractivity contribution in [3.63, 3.8) is 0 Å². The van der Waals surface area contributed by atoms with E-state index in [1.807, 2.05) is 45.0 Å². The van der Waals surface area contributed by atoms with Crippen molar-refractivity contribution >= 4 is 28.7 Å². The highest BCUT2D eigenvalue weighted by Gasteiger charge is 2.14. The van der Waals surface area contributed by atoms with Crippen molar-refractivity contribution in [1.82, 2.24) is 20.4 Å². The minimum absolute atomic E-state index is 0.0142. The van der Waals surface area contributed by atoms with Crippen molar-refractivity contribution < 1.29 is 9.32 Å². The number of fused-ring (bicyclic) bond motifs is 1. The molecule has 0 fully saturated rings. The lowest BCUT2D eigenvalue weighted by Crippen LogP contribution is -2.28. The van der Waals surface area contributed by atoms with E-state index in [2.05, 4.69) is 20.4 Å². The summed E-state index contributed by atoms with van der Waals surface area (Å²) in [5.41, 5.74) is 3.83. The Balaban J connectivity index is 1.52. The number of aromatic nitrogens is 3. The topological polar surface area (TPSA) is 83.8 Å². The summed E-state index contributed by atoms with van der Waals surface area (Å²) in [5.74, 6) is 2.67. The number of aromatic amines is 1. The molecule has 0 spiro atoms. The van der Waals surface area contributed by atoms with E-state index in [4.69, 9.17) is 4.52 Å². The average Bonchev–Trinajstić information content (AvgIpc) is 3.12. The monoisotopic (exact) mass is 344 g/mol. The average molecular weight is 344 g/mol. The maximum atomic E-state index is 12.1. The molecule has 0 saturated heterocycles.